The molecule has 4 N–H and O–H groups in total. The second kappa shape index (κ2) is 4.92. The number of oxime groups is 1. The van der Waals surface area contributed by atoms with Gasteiger partial charge in [0.2, 0.25) is 0 Å². The molecule has 15 heavy (non-hydrogen) atoms. The average Bonchev–Trinajstić information content (AvgIpc) is 2.15. The molecule has 4 nitrogen and oxygen atoms in total. The van der Waals surface area contributed by atoms with Gasteiger partial charge in [0.05, 0.1) is 12.2 Å². The normalized spacial score (nSPS) is 11.5. The molecule has 0 saturated carbocycles. The van der Waals surface area contributed by atoms with Gasteiger partial charge in [0.15, 0.2) is 5.84 Å². The molecule has 0 fully saturated rings. The van der Waals surface area contributed by atoms with Crippen molar-refractivity contribution in [3.63, 3.8) is 0 Å². The van der Waals surface area contributed by atoms with Gasteiger partial charge in [-0.15, -0.1) is 0 Å². The van der Waals surface area contributed by atoms with Gasteiger partial charge in [-0.2, -0.15) is 0 Å². The van der Waals surface area contributed by atoms with Crippen molar-refractivity contribution in [2.75, 3.05) is 11.9 Å². The van der Waals surface area contributed by atoms with Crippen LogP contribution in [-0.4, -0.2) is 17.6 Å². The van der Waals surface area contributed by atoms with E-state index in [4.69, 9.17) is 10.9 Å². The lowest BCUT2D eigenvalue weighted by Crippen LogP contribution is -2.23. The lowest BCUT2D eigenvalue weighted by atomic mass is 10.3. The van der Waals surface area contributed by atoms with E-state index in [0.29, 0.717) is 0 Å². The van der Waals surface area contributed by atoms with E-state index in [0.717, 1.165) is 12.1 Å². The number of hydrogen-bond donors (Lipinski definition) is 3. The zero-order valence-electron chi connectivity index (χ0n) is 7.47. The molecular weight excluding hydrogens is 272 g/mol. The molecule has 0 amide bonds. The van der Waals surface area contributed by atoms with Crippen molar-refractivity contribution in [2.24, 2.45) is 10.9 Å². The Morgan fingerprint density at radius 3 is 2.73 bits per heavy atom. The summed E-state index contributed by atoms with van der Waals surface area (Å²) in [6.45, 7) is -0.0440. The third-order valence-electron chi connectivity index (χ3n) is 1.58. The minimum Gasteiger partial charge on any atom is -0.409 e. The van der Waals surface area contributed by atoms with Crippen LogP contribution in [0.15, 0.2) is 21.8 Å². The van der Waals surface area contributed by atoms with E-state index in [-0.39, 0.29) is 22.5 Å². The monoisotopic (exact) mass is 279 g/mol. The maximum Gasteiger partial charge on any atom is 0.158 e. The highest BCUT2D eigenvalue weighted by atomic mass is 79.9. The fourth-order valence-electron chi connectivity index (χ4n) is 0.925. The van der Waals surface area contributed by atoms with Crippen LogP contribution in [0.3, 0.4) is 0 Å². The van der Waals surface area contributed by atoms with E-state index in [2.05, 4.69) is 26.4 Å². The molecule has 0 aromatic heterocycles. The Bertz CT molecular complexity index is 374. The number of halogens is 3. The first kappa shape index (κ1) is 11.7. The molecule has 0 spiro atoms. The number of rotatable bonds is 3. The predicted octanol–water partition coefficient (Wildman–Crippen LogP) is 1.89. The Morgan fingerprint density at radius 2 is 2.20 bits per heavy atom. The minimum absolute atomic E-state index is 0.0440. The summed E-state index contributed by atoms with van der Waals surface area (Å²) in [6.07, 6.45) is 0. The number of nitrogens with one attached hydrogen (secondary N) is 1. The first-order chi connectivity index (χ1) is 7.04. The average molecular weight is 280 g/mol. The van der Waals surface area contributed by atoms with E-state index in [1.165, 1.54) is 0 Å². The summed E-state index contributed by atoms with van der Waals surface area (Å²) in [5.74, 6) is -1.55. The fourth-order valence-corrected chi connectivity index (χ4v) is 1.47. The van der Waals surface area contributed by atoms with E-state index < -0.39 is 11.6 Å². The highest BCUT2D eigenvalue weighted by molar-refractivity contribution is 9.10. The molecule has 0 bridgehead atoms. The second-order valence-electron chi connectivity index (χ2n) is 2.69. The lowest BCUT2D eigenvalue weighted by molar-refractivity contribution is 0.317. The number of hydrogen-bond acceptors (Lipinski definition) is 3. The highest BCUT2D eigenvalue weighted by Gasteiger charge is 2.09. The number of nitrogens with zero attached hydrogens (tertiary/aromatic N) is 1. The van der Waals surface area contributed by atoms with Crippen molar-refractivity contribution in [3.8, 4) is 0 Å². The summed E-state index contributed by atoms with van der Waals surface area (Å²) in [6, 6.07) is 1.84. The number of benzene rings is 1. The lowest BCUT2D eigenvalue weighted by Gasteiger charge is -2.08. The molecule has 0 saturated heterocycles. The van der Waals surface area contributed by atoms with Crippen molar-refractivity contribution in [3.05, 3.63) is 28.2 Å². The summed E-state index contributed by atoms with van der Waals surface area (Å²) in [5.41, 5.74) is 5.23. The molecule has 82 valence electrons. The molecule has 0 atom stereocenters. The quantitative estimate of drug-likeness (QED) is 0.342. The van der Waals surface area contributed by atoms with Crippen LogP contribution >= 0.6 is 15.9 Å². The summed E-state index contributed by atoms with van der Waals surface area (Å²) in [5, 5.41) is 13.5. The Balaban J connectivity index is 2.86. The van der Waals surface area contributed by atoms with Crippen LogP contribution in [0.25, 0.3) is 0 Å². The van der Waals surface area contributed by atoms with Crippen molar-refractivity contribution < 1.29 is 14.0 Å². The number of nitrogens with two attached hydrogens (primary N) is 1. The second-order valence-corrected chi connectivity index (χ2v) is 3.54. The first-order valence-electron chi connectivity index (χ1n) is 3.89. The van der Waals surface area contributed by atoms with Crippen LogP contribution in [-0.2, 0) is 0 Å². The first-order valence-corrected chi connectivity index (χ1v) is 4.68. The van der Waals surface area contributed by atoms with Crippen molar-refractivity contribution in [1.29, 1.82) is 0 Å². The number of anilines is 1. The van der Waals surface area contributed by atoms with E-state index in [1.54, 1.807) is 0 Å². The van der Waals surface area contributed by atoms with Gasteiger partial charge < -0.3 is 16.3 Å². The van der Waals surface area contributed by atoms with Gasteiger partial charge in [0.1, 0.15) is 11.6 Å². The fraction of sp³-hybridized carbons (Fsp3) is 0.125. The molecular formula is C8H8BrF2N3O. The SMILES string of the molecule is NC(CNc1c(F)cc(F)cc1Br)=NO. The molecule has 0 radical (unpaired) electrons. The molecule has 0 aliphatic rings. The summed E-state index contributed by atoms with van der Waals surface area (Å²) in [4.78, 5) is 0. The Hall–Kier alpha value is -1.37. The van der Waals surface area contributed by atoms with Crippen LogP contribution in [0, 0.1) is 11.6 Å². The summed E-state index contributed by atoms with van der Waals surface area (Å²) in [7, 11) is 0. The summed E-state index contributed by atoms with van der Waals surface area (Å²) >= 11 is 2.98. The van der Waals surface area contributed by atoms with Crippen LogP contribution in [0.2, 0.25) is 0 Å². The van der Waals surface area contributed by atoms with Crippen molar-refractivity contribution >= 4 is 27.5 Å². The molecule has 1 aromatic rings. The van der Waals surface area contributed by atoms with Crippen LogP contribution in [0.1, 0.15) is 0 Å². The Kier molecular flexibility index (Phi) is 3.84. The van der Waals surface area contributed by atoms with Gasteiger partial charge in [-0.1, -0.05) is 5.16 Å². The zero-order valence-corrected chi connectivity index (χ0v) is 9.05. The van der Waals surface area contributed by atoms with E-state index in [9.17, 15) is 8.78 Å². The van der Waals surface area contributed by atoms with Crippen LogP contribution in [0.5, 0.6) is 0 Å². The molecule has 0 unspecified atom stereocenters. The molecule has 0 heterocycles. The van der Waals surface area contributed by atoms with Gasteiger partial charge >= 0.3 is 0 Å². The Labute approximate surface area is 92.9 Å². The third kappa shape index (κ3) is 3.05. The maximum atomic E-state index is 13.2. The van der Waals surface area contributed by atoms with Crippen LogP contribution in [0.4, 0.5) is 14.5 Å². The van der Waals surface area contributed by atoms with Gasteiger partial charge in [0, 0.05) is 10.5 Å². The van der Waals surface area contributed by atoms with Gasteiger partial charge in [-0.3, -0.25) is 0 Å². The zero-order chi connectivity index (χ0) is 11.4. The van der Waals surface area contributed by atoms with Gasteiger partial charge in [0.25, 0.3) is 0 Å². The highest BCUT2D eigenvalue weighted by Crippen LogP contribution is 2.26. The molecule has 1 rings (SSSR count). The van der Waals surface area contributed by atoms with E-state index >= 15 is 0 Å². The molecule has 7 heteroatoms. The number of amidine groups is 1. The molecule has 0 aliphatic heterocycles. The summed E-state index contributed by atoms with van der Waals surface area (Å²) < 4.78 is 26.1. The molecule has 1 aromatic carbocycles. The van der Waals surface area contributed by atoms with Crippen molar-refractivity contribution in [2.45, 2.75) is 0 Å². The van der Waals surface area contributed by atoms with Crippen molar-refractivity contribution in [1.82, 2.24) is 0 Å². The third-order valence-corrected chi connectivity index (χ3v) is 2.21. The Morgan fingerprint density at radius 1 is 1.53 bits per heavy atom. The minimum atomic E-state index is -0.757. The standard InChI is InChI=1S/C8H8BrF2N3O/c9-5-1-4(10)2-6(11)8(5)13-3-7(12)14-15/h1-2,13,15H,3H2,(H2,12,14). The van der Waals surface area contributed by atoms with Gasteiger partial charge in [-0.25, -0.2) is 8.78 Å². The largest absolute Gasteiger partial charge is 0.409 e. The van der Waals surface area contributed by atoms with E-state index in [1.807, 2.05) is 0 Å². The maximum absolute atomic E-state index is 13.2. The predicted molar refractivity (Wildman–Crippen MR) is 56.0 cm³/mol. The van der Waals surface area contributed by atoms with Crippen LogP contribution < -0.4 is 11.1 Å². The molecule has 0 aliphatic carbocycles. The topological polar surface area (TPSA) is 70.6 Å². The smallest absolute Gasteiger partial charge is 0.158 e. The van der Waals surface area contributed by atoms with Gasteiger partial charge in [-0.05, 0) is 22.0 Å².